The number of carbonyl (C=O) groups excluding carboxylic acids is 3. The number of halogens is 1. The standard InChI is InChI=1S/C12H14FNO.CO2/c1-7-3-4-9(11(13)5-7)10-6-14-12(15)8(10)2;2-1-3/h3-5,8,10H,6H2,1-2H3,(H,14,15);/t8-,10+;/m0./s1. The van der Waals surface area contributed by atoms with Crippen LogP contribution < -0.4 is 5.32 Å². The molecule has 0 bridgehead atoms. The molecule has 0 aromatic heterocycles. The molecule has 1 aliphatic heterocycles. The third kappa shape index (κ3) is 3.02. The van der Waals surface area contributed by atoms with Gasteiger partial charge in [0.1, 0.15) is 5.82 Å². The van der Waals surface area contributed by atoms with E-state index < -0.39 is 0 Å². The highest BCUT2D eigenvalue weighted by atomic mass is 19.1. The predicted molar refractivity (Wildman–Crippen MR) is 61.1 cm³/mol. The Balaban J connectivity index is 0.000000492. The fourth-order valence-corrected chi connectivity index (χ4v) is 2.04. The van der Waals surface area contributed by atoms with Crippen molar-refractivity contribution >= 4 is 12.1 Å². The van der Waals surface area contributed by atoms with Gasteiger partial charge in [-0.2, -0.15) is 9.59 Å². The number of carbonyl (C=O) groups is 1. The molecule has 4 nitrogen and oxygen atoms in total. The first-order valence-corrected chi connectivity index (χ1v) is 5.54. The van der Waals surface area contributed by atoms with E-state index in [0.717, 1.165) is 5.56 Å². The van der Waals surface area contributed by atoms with Crippen molar-refractivity contribution in [2.75, 3.05) is 6.54 Å². The molecule has 1 N–H and O–H groups in total. The van der Waals surface area contributed by atoms with E-state index in [4.69, 9.17) is 9.59 Å². The smallest absolute Gasteiger partial charge is 0.355 e. The van der Waals surface area contributed by atoms with E-state index in [1.807, 2.05) is 19.9 Å². The Kier molecular flexibility index (Phi) is 4.75. The Bertz CT molecular complexity index is 481. The second-order valence-corrected chi connectivity index (χ2v) is 4.25. The van der Waals surface area contributed by atoms with Crippen molar-refractivity contribution in [2.24, 2.45) is 5.92 Å². The zero-order chi connectivity index (χ0) is 13.7. The second kappa shape index (κ2) is 6.07. The monoisotopic (exact) mass is 251 g/mol. The Morgan fingerprint density at radius 1 is 1.39 bits per heavy atom. The van der Waals surface area contributed by atoms with E-state index in [0.29, 0.717) is 12.1 Å². The van der Waals surface area contributed by atoms with Gasteiger partial charge in [-0.25, -0.2) is 4.39 Å². The number of aryl methyl sites for hydroxylation is 1. The summed E-state index contributed by atoms with van der Waals surface area (Å²) in [5, 5.41) is 2.75. The van der Waals surface area contributed by atoms with E-state index in [-0.39, 0.29) is 29.7 Å². The van der Waals surface area contributed by atoms with Crippen molar-refractivity contribution in [2.45, 2.75) is 19.8 Å². The Morgan fingerprint density at radius 3 is 2.44 bits per heavy atom. The van der Waals surface area contributed by atoms with Gasteiger partial charge in [0, 0.05) is 18.4 Å². The minimum absolute atomic E-state index is 0.0139. The van der Waals surface area contributed by atoms with Crippen LogP contribution in [0, 0.1) is 18.7 Å². The normalized spacial score (nSPS) is 21.6. The lowest BCUT2D eigenvalue weighted by molar-refractivity contribution is -0.191. The number of nitrogens with one attached hydrogen (secondary N) is 1. The lowest BCUT2D eigenvalue weighted by Gasteiger charge is -2.14. The highest BCUT2D eigenvalue weighted by molar-refractivity contribution is 5.82. The van der Waals surface area contributed by atoms with Crippen LogP contribution in [0.5, 0.6) is 0 Å². The van der Waals surface area contributed by atoms with Crippen LogP contribution in [0.25, 0.3) is 0 Å². The maximum atomic E-state index is 13.7. The molecular weight excluding hydrogens is 237 g/mol. The maximum absolute atomic E-state index is 13.7. The molecule has 1 aliphatic rings. The molecule has 1 saturated heterocycles. The highest BCUT2D eigenvalue weighted by Crippen LogP contribution is 2.30. The molecule has 0 saturated carbocycles. The summed E-state index contributed by atoms with van der Waals surface area (Å²) in [6.45, 7) is 4.24. The van der Waals surface area contributed by atoms with E-state index in [1.165, 1.54) is 6.07 Å². The largest absolute Gasteiger partial charge is 0.373 e. The van der Waals surface area contributed by atoms with E-state index in [9.17, 15) is 9.18 Å². The van der Waals surface area contributed by atoms with Crippen molar-refractivity contribution in [1.82, 2.24) is 5.32 Å². The SMILES string of the molecule is Cc1ccc([C@@H]2CNC(=O)[C@H]2C)c(F)c1.O=C=O. The van der Waals surface area contributed by atoms with Crippen LogP contribution in [-0.2, 0) is 14.4 Å². The van der Waals surface area contributed by atoms with Crippen LogP contribution in [0.3, 0.4) is 0 Å². The molecule has 1 aromatic carbocycles. The summed E-state index contributed by atoms with van der Waals surface area (Å²) in [6.07, 6.45) is 0.250. The van der Waals surface area contributed by atoms with Crippen molar-refractivity contribution < 1.29 is 18.8 Å². The van der Waals surface area contributed by atoms with Crippen LogP contribution >= 0.6 is 0 Å². The van der Waals surface area contributed by atoms with Gasteiger partial charge in [0.15, 0.2) is 0 Å². The van der Waals surface area contributed by atoms with Crippen molar-refractivity contribution in [1.29, 1.82) is 0 Å². The van der Waals surface area contributed by atoms with E-state index in [2.05, 4.69) is 5.32 Å². The van der Waals surface area contributed by atoms with Gasteiger partial charge in [-0.3, -0.25) is 4.79 Å². The van der Waals surface area contributed by atoms with Crippen molar-refractivity contribution in [3.8, 4) is 0 Å². The summed E-state index contributed by atoms with van der Waals surface area (Å²) >= 11 is 0. The molecule has 18 heavy (non-hydrogen) atoms. The molecular formula is C13H14FNO3. The molecule has 0 radical (unpaired) electrons. The quantitative estimate of drug-likeness (QED) is 0.820. The van der Waals surface area contributed by atoms with Crippen LogP contribution in [0.1, 0.15) is 24.0 Å². The Hall–Kier alpha value is -2.00. The Labute approximate surface area is 104 Å². The second-order valence-electron chi connectivity index (χ2n) is 4.25. The third-order valence-corrected chi connectivity index (χ3v) is 3.07. The molecule has 1 fully saturated rings. The lowest BCUT2D eigenvalue weighted by Crippen LogP contribution is -2.17. The summed E-state index contributed by atoms with van der Waals surface area (Å²) in [7, 11) is 0. The first-order valence-electron chi connectivity index (χ1n) is 5.54. The molecule has 2 atom stereocenters. The van der Waals surface area contributed by atoms with E-state index >= 15 is 0 Å². The van der Waals surface area contributed by atoms with Crippen LogP contribution in [-0.4, -0.2) is 18.6 Å². The van der Waals surface area contributed by atoms with Gasteiger partial charge in [0.2, 0.25) is 5.91 Å². The van der Waals surface area contributed by atoms with Gasteiger partial charge in [-0.05, 0) is 24.1 Å². The average Bonchev–Trinajstić information content (AvgIpc) is 2.62. The zero-order valence-corrected chi connectivity index (χ0v) is 10.2. The van der Waals surface area contributed by atoms with Gasteiger partial charge in [0.05, 0.1) is 0 Å². The summed E-state index contributed by atoms with van der Waals surface area (Å²) in [5.41, 5.74) is 1.55. The molecule has 1 amide bonds. The van der Waals surface area contributed by atoms with Gasteiger partial charge in [0.25, 0.3) is 0 Å². The molecule has 5 heteroatoms. The van der Waals surface area contributed by atoms with Gasteiger partial charge >= 0.3 is 6.15 Å². The van der Waals surface area contributed by atoms with E-state index in [1.54, 1.807) is 6.07 Å². The molecule has 0 unspecified atom stereocenters. The van der Waals surface area contributed by atoms with Crippen molar-refractivity contribution in [3.05, 3.63) is 35.1 Å². The topological polar surface area (TPSA) is 63.2 Å². The van der Waals surface area contributed by atoms with Crippen molar-refractivity contribution in [3.63, 3.8) is 0 Å². The summed E-state index contributed by atoms with van der Waals surface area (Å²) in [5.74, 6) is -0.358. The molecule has 0 aliphatic carbocycles. The minimum atomic E-state index is -0.205. The summed E-state index contributed by atoms with van der Waals surface area (Å²) < 4.78 is 13.7. The number of rotatable bonds is 1. The summed E-state index contributed by atoms with van der Waals surface area (Å²) in [4.78, 5) is 27.6. The Morgan fingerprint density at radius 2 is 2.00 bits per heavy atom. The van der Waals surface area contributed by atoms with Crippen LogP contribution in [0.15, 0.2) is 18.2 Å². The first-order chi connectivity index (χ1) is 8.51. The number of hydrogen-bond donors (Lipinski definition) is 1. The van der Waals surface area contributed by atoms with Gasteiger partial charge < -0.3 is 5.32 Å². The third-order valence-electron chi connectivity index (χ3n) is 3.07. The molecule has 96 valence electrons. The molecule has 0 spiro atoms. The number of benzene rings is 1. The van der Waals surface area contributed by atoms with Crippen LogP contribution in [0.4, 0.5) is 4.39 Å². The van der Waals surface area contributed by atoms with Gasteiger partial charge in [-0.1, -0.05) is 19.1 Å². The van der Waals surface area contributed by atoms with Crippen LogP contribution in [0.2, 0.25) is 0 Å². The zero-order valence-electron chi connectivity index (χ0n) is 10.2. The minimum Gasteiger partial charge on any atom is -0.355 e. The summed E-state index contributed by atoms with van der Waals surface area (Å²) in [6, 6.07) is 5.19. The first kappa shape index (κ1) is 14.1. The average molecular weight is 251 g/mol. The predicted octanol–water partition coefficient (Wildman–Crippen LogP) is 1.40. The fraction of sp³-hybridized carbons (Fsp3) is 0.385. The molecule has 1 heterocycles. The number of hydrogen-bond acceptors (Lipinski definition) is 3. The number of amides is 1. The fourth-order valence-electron chi connectivity index (χ4n) is 2.04. The van der Waals surface area contributed by atoms with Gasteiger partial charge in [-0.15, -0.1) is 0 Å². The highest BCUT2D eigenvalue weighted by Gasteiger charge is 2.33. The maximum Gasteiger partial charge on any atom is 0.373 e. The molecule has 1 aromatic rings. The molecule has 2 rings (SSSR count). The lowest BCUT2D eigenvalue weighted by atomic mass is 9.89.